The maximum absolute atomic E-state index is 7.27. The van der Waals surface area contributed by atoms with E-state index >= 15 is 0 Å². The Morgan fingerprint density at radius 1 is 0.206 bits per heavy atom. The molecular weight excluding hydrogens is 1570 g/mol. The summed E-state index contributed by atoms with van der Waals surface area (Å²) in [5.41, 5.74) is 10.6. The first kappa shape index (κ1) is 84.4. The van der Waals surface area contributed by atoms with Crippen LogP contribution in [0, 0.1) is 0 Å². The van der Waals surface area contributed by atoms with Crippen LogP contribution in [0.5, 0.6) is 34.5 Å². The van der Waals surface area contributed by atoms with Crippen LogP contribution in [0.2, 0.25) is 0 Å². The van der Waals surface area contributed by atoms with Crippen LogP contribution in [0.4, 0.5) is 0 Å². The van der Waals surface area contributed by atoms with Crippen LogP contribution in [0.25, 0.3) is 190 Å². The van der Waals surface area contributed by atoms with E-state index in [1.54, 1.807) is 0 Å². The largest absolute Gasteiger partial charge is 0.487 e. The van der Waals surface area contributed by atoms with Gasteiger partial charge in [-0.25, -0.2) is 59.8 Å². The molecule has 6 atom stereocenters. The van der Waals surface area contributed by atoms with Gasteiger partial charge in [0.05, 0.1) is 36.6 Å². The molecule has 0 saturated heterocycles. The number of hydrogen-bond donors (Lipinski definition) is 4. The van der Waals surface area contributed by atoms with Gasteiger partial charge in [0.1, 0.15) is 45.2 Å². The maximum Gasteiger partial charge on any atom is 0.164 e. The smallest absolute Gasteiger partial charge is 0.164 e. The third-order valence-corrected chi connectivity index (χ3v) is 25.4. The van der Waals surface area contributed by atoms with E-state index in [1.165, 1.54) is 0 Å². The molecule has 6 unspecified atom stereocenters. The Kier molecular flexibility index (Phi) is 25.0. The van der Waals surface area contributed by atoms with E-state index in [-0.39, 0.29) is 36.6 Å². The van der Waals surface area contributed by atoms with Crippen LogP contribution >= 0.6 is 0 Å². The summed E-state index contributed by atoms with van der Waals surface area (Å²) in [6, 6.07) is 45.7. The average Bonchev–Trinajstić information content (AvgIpc) is 1.58. The third-order valence-electron chi connectivity index (χ3n) is 25.4. The molecule has 4 aliphatic heterocycles. The summed E-state index contributed by atoms with van der Waals surface area (Å²) in [7, 11) is 0. The molecule has 0 aliphatic carbocycles. The molecule has 22 heteroatoms. The molecule has 126 heavy (non-hydrogen) atoms. The van der Waals surface area contributed by atoms with Crippen molar-refractivity contribution in [2.45, 2.75) is 274 Å². The van der Waals surface area contributed by atoms with Gasteiger partial charge in [0.25, 0.3) is 0 Å². The number of nitrogens with one attached hydrogen (secondary N) is 4. The van der Waals surface area contributed by atoms with Gasteiger partial charge < -0.3 is 48.4 Å². The zero-order valence-corrected chi connectivity index (χ0v) is 75.0. The molecule has 0 spiro atoms. The second-order valence-corrected chi connectivity index (χ2v) is 34.3. The number of fused-ring (bicyclic) bond motifs is 41. The summed E-state index contributed by atoms with van der Waals surface area (Å²) in [5, 5.41) is 8.29. The van der Waals surface area contributed by atoms with Crippen LogP contribution in [0.1, 0.15) is 237 Å². The van der Waals surface area contributed by atoms with E-state index in [0.717, 1.165) is 252 Å². The van der Waals surface area contributed by atoms with Gasteiger partial charge in [-0.05, 0) is 148 Å². The van der Waals surface area contributed by atoms with Crippen molar-refractivity contribution in [3.8, 4) is 126 Å². The van der Waals surface area contributed by atoms with Crippen LogP contribution in [-0.2, 0) is 0 Å². The van der Waals surface area contributed by atoms with Crippen molar-refractivity contribution in [1.82, 2.24) is 79.7 Å². The van der Waals surface area contributed by atoms with Crippen molar-refractivity contribution in [2.75, 3.05) is 0 Å². The van der Waals surface area contributed by atoms with E-state index in [2.05, 4.69) is 188 Å². The van der Waals surface area contributed by atoms with Crippen LogP contribution in [-0.4, -0.2) is 116 Å². The van der Waals surface area contributed by atoms with Crippen molar-refractivity contribution in [3.05, 3.63) is 133 Å². The molecule has 8 aromatic carbocycles. The monoisotopic (exact) mass is 1680 g/mol. The first-order chi connectivity index (χ1) is 61.8. The minimum Gasteiger partial charge on any atom is -0.487 e. The predicted octanol–water partition coefficient (Wildman–Crippen LogP) is 27.3. The lowest BCUT2D eigenvalue weighted by Crippen LogP contribution is -2.19. The van der Waals surface area contributed by atoms with Gasteiger partial charge in [0.15, 0.2) is 81.1 Å². The molecule has 10 heterocycles. The first-order valence-electron chi connectivity index (χ1n) is 46.9. The first-order valence-corrected chi connectivity index (χ1v) is 46.9. The molecule has 6 aromatic heterocycles. The number of rotatable bonds is 36. The number of ether oxygens (including phenoxy) is 6. The second kappa shape index (κ2) is 37.4. The van der Waals surface area contributed by atoms with E-state index in [9.17, 15) is 0 Å². The van der Waals surface area contributed by atoms with Crippen LogP contribution < -0.4 is 28.4 Å². The number of aromatic nitrogens is 16. The zero-order valence-electron chi connectivity index (χ0n) is 75.0. The SMILES string of the molecule is CCCCC(CC)Oc1cc2c(cc1OC(CC)CCCC)-c1nc-2nc2[nH]c(nc3nc(nc4[nH]c(n1)c1cc5cc6c(cc5cc41)-c1nc-6nc4[nH]c(nc5nc(nc6[nH]c(n1)c1ccccc61)-c1ccccc1-5)c1ccccc41)-c1cc(OC(CC)CCCC)c(OC(CC)CCCC)cc1-3)c1cc(OC(CC)CCCC)c(OC(CC)CCCC)cc21. The molecule has 18 rings (SSSR count). The van der Waals surface area contributed by atoms with Crippen LogP contribution in [0.3, 0.4) is 0 Å². The summed E-state index contributed by atoms with van der Waals surface area (Å²) in [4.78, 5) is 81.6. The highest BCUT2D eigenvalue weighted by Gasteiger charge is 2.32. The fourth-order valence-electron chi connectivity index (χ4n) is 18.0. The Balaban J connectivity index is 0.947. The molecule has 0 fully saturated rings. The molecule has 4 aliphatic rings. The van der Waals surface area contributed by atoms with Crippen molar-refractivity contribution in [3.63, 3.8) is 0 Å². The minimum absolute atomic E-state index is 0.0713. The molecule has 4 N–H and O–H groups in total. The molecular formula is C104H116N16O6. The molecule has 0 amide bonds. The summed E-state index contributed by atoms with van der Waals surface area (Å²) < 4.78 is 43.5. The summed E-state index contributed by atoms with van der Waals surface area (Å²) in [6.45, 7) is 26.6. The van der Waals surface area contributed by atoms with Gasteiger partial charge >= 0.3 is 0 Å². The van der Waals surface area contributed by atoms with E-state index in [4.69, 9.17) is 88.2 Å². The normalized spacial score (nSPS) is 13.7. The summed E-state index contributed by atoms with van der Waals surface area (Å²) in [5.74, 6) is 7.45. The van der Waals surface area contributed by atoms with Crippen molar-refractivity contribution < 1.29 is 28.4 Å². The van der Waals surface area contributed by atoms with Crippen molar-refractivity contribution in [2.24, 2.45) is 0 Å². The summed E-state index contributed by atoms with van der Waals surface area (Å²) >= 11 is 0. The Labute approximate surface area is 735 Å². The number of benzene rings is 8. The standard InChI is InChI=1S/C104H116N16O6/c1-13-25-37-61(19-7)121-83-53-77-79(55-85(83)123-63(21-9)39-27-15-3)101-116-99(77)114-97-75-51-59-49-73-74(96-111-94-72-48-36-34-46-70(72)92(109-94)107-90-68-44-32-31-43-67(68)89(105-90)106-91-69-45-33-35-47-71(69)93(108-91)110-95(73)112-96)50-60(59)52-76(75)98(113-97)115-100-78-54-84(122-62(20-8)38-26-14-2)86(124-64(22-10)40-28-16-4)56-80(78)102(117-100)119-104-82-58-88(126-66(24-12)42-30-18-6)87(57-81(82)103(118-101)120-104)125-65(23-11)41-29-17-5/h31-36,43-58,61-66H,13-30,37-42H2,1-12H3,(H2,105,106,107,108,109,110,111,112)(H2,113,114,115,116,117,118,119,120). The Morgan fingerprint density at radius 3 is 0.619 bits per heavy atom. The Bertz CT molecular complexity index is 6400. The van der Waals surface area contributed by atoms with Crippen LogP contribution in [0.15, 0.2) is 133 Å². The fraction of sp³-hybridized carbons (Fsp3) is 0.404. The van der Waals surface area contributed by atoms with E-state index < -0.39 is 0 Å². The highest BCUT2D eigenvalue weighted by molar-refractivity contribution is 6.14. The number of hydrogen-bond acceptors (Lipinski definition) is 18. The lowest BCUT2D eigenvalue weighted by Gasteiger charge is -2.24. The van der Waals surface area contributed by atoms with E-state index in [1.807, 2.05) is 48.5 Å². The molecule has 648 valence electrons. The average molecular weight is 1690 g/mol. The number of nitrogens with zero attached hydrogens (tertiary/aromatic N) is 12. The topological polar surface area (TPSA) is 273 Å². The van der Waals surface area contributed by atoms with Gasteiger partial charge in [-0.2, -0.15) is 0 Å². The summed E-state index contributed by atoms with van der Waals surface area (Å²) in [6.07, 6.45) is 22.0. The lowest BCUT2D eigenvalue weighted by molar-refractivity contribution is 0.147. The molecule has 0 saturated carbocycles. The van der Waals surface area contributed by atoms with Gasteiger partial charge in [0, 0.05) is 87.6 Å². The Morgan fingerprint density at radius 2 is 0.397 bits per heavy atom. The highest BCUT2D eigenvalue weighted by Crippen LogP contribution is 2.49. The lowest BCUT2D eigenvalue weighted by atomic mass is 9.99. The second-order valence-electron chi connectivity index (χ2n) is 34.3. The zero-order chi connectivity index (χ0) is 86.6. The maximum atomic E-state index is 7.27. The number of aromatic amines is 4. The predicted molar refractivity (Wildman–Crippen MR) is 509 cm³/mol. The molecule has 14 aromatic rings. The van der Waals surface area contributed by atoms with Gasteiger partial charge in [-0.15, -0.1) is 0 Å². The molecule has 0 radical (unpaired) electrons. The third kappa shape index (κ3) is 16.8. The van der Waals surface area contributed by atoms with Gasteiger partial charge in [-0.1, -0.05) is 233 Å². The molecule has 16 bridgehead atoms. The quantitative estimate of drug-likeness (QED) is 0.0284. The minimum atomic E-state index is -0.0860. The van der Waals surface area contributed by atoms with E-state index in [0.29, 0.717) is 126 Å². The highest BCUT2D eigenvalue weighted by atomic mass is 16.5. The van der Waals surface area contributed by atoms with Crippen molar-refractivity contribution >= 4 is 99.0 Å². The number of unbranched alkanes of at least 4 members (excludes halogenated alkanes) is 6. The van der Waals surface area contributed by atoms with Crippen molar-refractivity contribution in [1.29, 1.82) is 0 Å². The van der Waals surface area contributed by atoms with Gasteiger partial charge in [-0.3, -0.25) is 0 Å². The van der Waals surface area contributed by atoms with Gasteiger partial charge in [0.2, 0.25) is 0 Å². The Hall–Kier alpha value is -12.5. The fourth-order valence-corrected chi connectivity index (χ4v) is 18.0. The number of H-pyrrole nitrogens is 4. The molecule has 22 nitrogen and oxygen atoms in total.